The monoisotopic (exact) mass is 282 g/mol. The molecule has 102 valence electrons. The molecular weight excluding hydrogens is 268 g/mol. The van der Waals surface area contributed by atoms with Gasteiger partial charge in [0.25, 0.3) is 0 Å². The molecule has 2 aliphatic rings. The summed E-state index contributed by atoms with van der Waals surface area (Å²) < 4.78 is 11.0. The van der Waals surface area contributed by atoms with E-state index in [-0.39, 0.29) is 0 Å². The molecule has 1 heterocycles. The Morgan fingerprint density at radius 3 is 2.79 bits per heavy atom. The average molecular weight is 283 g/mol. The summed E-state index contributed by atoms with van der Waals surface area (Å²) in [5.74, 6) is 0.684. The molecule has 1 atom stereocenters. The molecule has 3 N–H and O–H groups in total. The maximum Gasteiger partial charge on any atom is 0.239 e. The van der Waals surface area contributed by atoms with Crippen LogP contribution in [0.15, 0.2) is 12.1 Å². The summed E-state index contributed by atoms with van der Waals surface area (Å²) in [6.07, 6.45) is 2.14. The minimum atomic E-state index is -0.541. The zero-order chi connectivity index (χ0) is 13.4. The van der Waals surface area contributed by atoms with E-state index in [2.05, 4.69) is 5.32 Å². The highest BCUT2D eigenvalue weighted by molar-refractivity contribution is 6.32. The summed E-state index contributed by atoms with van der Waals surface area (Å²) in [6.45, 7) is 0.954. The summed E-state index contributed by atoms with van der Waals surface area (Å²) in [4.78, 5) is 11.6. The number of hydrogen-bond donors (Lipinski definition) is 2. The van der Waals surface area contributed by atoms with Gasteiger partial charge in [0, 0.05) is 6.04 Å². The maximum absolute atomic E-state index is 11.6. The lowest BCUT2D eigenvalue weighted by Crippen LogP contribution is -2.35. The summed E-state index contributed by atoms with van der Waals surface area (Å²) in [5, 5.41) is 3.65. The molecule has 0 saturated heterocycles. The Bertz CT molecular complexity index is 517. The highest BCUT2D eigenvalue weighted by atomic mass is 35.5. The van der Waals surface area contributed by atoms with Crippen LogP contribution in [-0.4, -0.2) is 25.2 Å². The number of carbonyl (C=O) groups is 1. The molecule has 1 saturated carbocycles. The standard InChI is InChI=1S/C13H15ClN2O3/c14-9-5-7(6-10-12(9)19-4-3-18-10)11(13(15)17)16-8-1-2-8/h5-6,8,11,16H,1-4H2,(H2,15,17). The smallest absolute Gasteiger partial charge is 0.239 e. The van der Waals surface area contributed by atoms with Crippen molar-refractivity contribution in [1.29, 1.82) is 0 Å². The zero-order valence-electron chi connectivity index (χ0n) is 10.3. The number of fused-ring (bicyclic) bond motifs is 1. The average Bonchev–Trinajstić information content (AvgIpc) is 3.19. The van der Waals surface area contributed by atoms with Gasteiger partial charge in [-0.05, 0) is 30.5 Å². The number of nitrogens with two attached hydrogens (primary N) is 1. The minimum Gasteiger partial charge on any atom is -0.486 e. The van der Waals surface area contributed by atoms with Crippen LogP contribution < -0.4 is 20.5 Å². The lowest BCUT2D eigenvalue weighted by Gasteiger charge is -2.22. The second kappa shape index (κ2) is 4.90. The first-order chi connectivity index (χ1) is 9.15. The van der Waals surface area contributed by atoms with Crippen molar-refractivity contribution in [3.8, 4) is 11.5 Å². The van der Waals surface area contributed by atoms with Gasteiger partial charge in [-0.15, -0.1) is 0 Å². The van der Waals surface area contributed by atoms with E-state index in [0.29, 0.717) is 41.3 Å². The highest BCUT2D eigenvalue weighted by Crippen LogP contribution is 2.40. The molecule has 1 aliphatic heterocycles. The van der Waals surface area contributed by atoms with E-state index in [4.69, 9.17) is 26.8 Å². The number of ether oxygens (including phenoxy) is 2. The second-order valence-corrected chi connectivity index (χ2v) is 5.21. The number of nitrogens with one attached hydrogen (secondary N) is 1. The maximum atomic E-state index is 11.6. The molecule has 5 nitrogen and oxygen atoms in total. The van der Waals surface area contributed by atoms with Crippen LogP contribution in [0.25, 0.3) is 0 Å². The van der Waals surface area contributed by atoms with Gasteiger partial charge in [0.1, 0.15) is 19.3 Å². The van der Waals surface area contributed by atoms with E-state index in [0.717, 1.165) is 12.8 Å². The van der Waals surface area contributed by atoms with Gasteiger partial charge in [0.05, 0.1) is 5.02 Å². The van der Waals surface area contributed by atoms with Crippen LogP contribution >= 0.6 is 11.6 Å². The molecule has 6 heteroatoms. The number of amides is 1. The fourth-order valence-electron chi connectivity index (χ4n) is 2.13. The second-order valence-electron chi connectivity index (χ2n) is 4.80. The zero-order valence-corrected chi connectivity index (χ0v) is 11.1. The van der Waals surface area contributed by atoms with Crippen molar-refractivity contribution in [3.05, 3.63) is 22.7 Å². The van der Waals surface area contributed by atoms with Gasteiger partial charge in [-0.25, -0.2) is 0 Å². The van der Waals surface area contributed by atoms with Gasteiger partial charge in [-0.2, -0.15) is 0 Å². The van der Waals surface area contributed by atoms with Crippen molar-refractivity contribution >= 4 is 17.5 Å². The SMILES string of the molecule is NC(=O)C(NC1CC1)c1cc(Cl)c2c(c1)OCCO2. The Labute approximate surface area is 116 Å². The minimum absolute atomic E-state index is 0.365. The first-order valence-corrected chi connectivity index (χ1v) is 6.67. The fourth-order valence-corrected chi connectivity index (χ4v) is 2.40. The number of carbonyl (C=O) groups excluding carboxylic acids is 1. The first-order valence-electron chi connectivity index (χ1n) is 6.29. The third kappa shape index (κ3) is 2.62. The van der Waals surface area contributed by atoms with Crippen molar-refractivity contribution in [1.82, 2.24) is 5.32 Å². The Morgan fingerprint density at radius 2 is 2.11 bits per heavy atom. The third-order valence-electron chi connectivity index (χ3n) is 3.22. The molecular formula is C13H15ClN2O3. The first kappa shape index (κ1) is 12.6. The molecule has 1 unspecified atom stereocenters. The quantitative estimate of drug-likeness (QED) is 0.875. The van der Waals surface area contributed by atoms with Crippen LogP contribution in [0.1, 0.15) is 24.4 Å². The Hall–Kier alpha value is -1.46. The van der Waals surface area contributed by atoms with Crippen LogP contribution in [0.2, 0.25) is 5.02 Å². The summed E-state index contributed by atoms with van der Waals surface area (Å²) in [6, 6.07) is 3.30. The largest absolute Gasteiger partial charge is 0.486 e. The molecule has 0 spiro atoms. The van der Waals surface area contributed by atoms with E-state index in [1.165, 1.54) is 0 Å². The Balaban J connectivity index is 1.93. The number of rotatable bonds is 4. The van der Waals surface area contributed by atoms with Gasteiger partial charge in [0.15, 0.2) is 11.5 Å². The van der Waals surface area contributed by atoms with Crippen molar-refractivity contribution in [2.45, 2.75) is 24.9 Å². The van der Waals surface area contributed by atoms with Gasteiger partial charge in [-0.3, -0.25) is 10.1 Å². The van der Waals surface area contributed by atoms with E-state index < -0.39 is 11.9 Å². The van der Waals surface area contributed by atoms with E-state index in [9.17, 15) is 4.79 Å². The molecule has 1 amide bonds. The molecule has 0 aromatic heterocycles. The topological polar surface area (TPSA) is 73.6 Å². The summed E-state index contributed by atoms with van der Waals surface area (Å²) >= 11 is 6.16. The van der Waals surface area contributed by atoms with Crippen molar-refractivity contribution in [3.63, 3.8) is 0 Å². The normalized spacial score (nSPS) is 19.0. The van der Waals surface area contributed by atoms with Gasteiger partial charge >= 0.3 is 0 Å². The van der Waals surface area contributed by atoms with Gasteiger partial charge < -0.3 is 15.2 Å². The summed E-state index contributed by atoms with van der Waals surface area (Å²) in [7, 11) is 0. The highest BCUT2D eigenvalue weighted by Gasteiger charge is 2.29. The Morgan fingerprint density at radius 1 is 1.37 bits per heavy atom. The predicted molar refractivity (Wildman–Crippen MR) is 70.5 cm³/mol. The van der Waals surface area contributed by atoms with Crippen LogP contribution in [0, 0.1) is 0 Å². The van der Waals surface area contributed by atoms with E-state index in [1.807, 2.05) is 0 Å². The van der Waals surface area contributed by atoms with E-state index >= 15 is 0 Å². The number of halogens is 1. The van der Waals surface area contributed by atoms with Gasteiger partial charge in [-0.1, -0.05) is 11.6 Å². The predicted octanol–water partition coefficient (Wildman–Crippen LogP) is 1.39. The molecule has 3 rings (SSSR count). The van der Waals surface area contributed by atoms with Crippen molar-refractivity contribution < 1.29 is 14.3 Å². The molecule has 0 bridgehead atoms. The van der Waals surface area contributed by atoms with Crippen LogP contribution in [-0.2, 0) is 4.79 Å². The molecule has 1 aromatic rings. The lowest BCUT2D eigenvalue weighted by molar-refractivity contribution is -0.120. The third-order valence-corrected chi connectivity index (χ3v) is 3.50. The Kier molecular flexibility index (Phi) is 3.24. The lowest BCUT2D eigenvalue weighted by atomic mass is 10.1. The van der Waals surface area contributed by atoms with Crippen LogP contribution in [0.5, 0.6) is 11.5 Å². The fraction of sp³-hybridized carbons (Fsp3) is 0.462. The number of primary amides is 1. The van der Waals surface area contributed by atoms with Crippen molar-refractivity contribution in [2.24, 2.45) is 5.73 Å². The van der Waals surface area contributed by atoms with E-state index in [1.54, 1.807) is 12.1 Å². The molecule has 1 fully saturated rings. The van der Waals surface area contributed by atoms with Crippen LogP contribution in [0.4, 0.5) is 0 Å². The number of hydrogen-bond acceptors (Lipinski definition) is 4. The molecule has 0 radical (unpaired) electrons. The van der Waals surface area contributed by atoms with Crippen LogP contribution in [0.3, 0.4) is 0 Å². The van der Waals surface area contributed by atoms with Gasteiger partial charge in [0.2, 0.25) is 5.91 Å². The number of benzene rings is 1. The summed E-state index contributed by atoms with van der Waals surface area (Å²) in [5.41, 5.74) is 6.17. The molecule has 19 heavy (non-hydrogen) atoms. The molecule has 1 aliphatic carbocycles. The molecule has 1 aromatic carbocycles. The van der Waals surface area contributed by atoms with Crippen molar-refractivity contribution in [2.75, 3.05) is 13.2 Å².